The van der Waals surface area contributed by atoms with Gasteiger partial charge < -0.3 is 14.2 Å². The zero-order valence-corrected chi connectivity index (χ0v) is 52.2. The molecule has 0 N–H and O–H groups in total. The lowest BCUT2D eigenvalue weighted by Gasteiger charge is -2.18. The van der Waals surface area contributed by atoms with E-state index in [-0.39, 0.29) is 31.1 Å². The fraction of sp³-hybridized carbons (Fsp3) is 0.819. The second-order valence-corrected chi connectivity index (χ2v) is 23.1. The van der Waals surface area contributed by atoms with Crippen LogP contribution in [0.3, 0.4) is 0 Å². The minimum atomic E-state index is -0.787. The number of hydrogen-bond donors (Lipinski definition) is 0. The first-order chi connectivity index (χ1) is 38.5. The van der Waals surface area contributed by atoms with E-state index in [0.29, 0.717) is 19.3 Å². The fourth-order valence-corrected chi connectivity index (χ4v) is 10.1. The Labute approximate surface area is 485 Å². The largest absolute Gasteiger partial charge is 0.462 e. The van der Waals surface area contributed by atoms with Crippen molar-refractivity contribution in [3.05, 3.63) is 60.8 Å². The highest BCUT2D eigenvalue weighted by atomic mass is 16.6. The van der Waals surface area contributed by atoms with Gasteiger partial charge in [-0.2, -0.15) is 0 Å². The van der Waals surface area contributed by atoms with Crippen molar-refractivity contribution in [1.29, 1.82) is 0 Å². The van der Waals surface area contributed by atoms with Gasteiger partial charge in [-0.15, -0.1) is 0 Å². The van der Waals surface area contributed by atoms with Gasteiger partial charge >= 0.3 is 17.9 Å². The summed E-state index contributed by atoms with van der Waals surface area (Å²) in [5.74, 6) is -0.892. The lowest BCUT2D eigenvalue weighted by atomic mass is 10.0. The minimum absolute atomic E-state index is 0.0809. The highest BCUT2D eigenvalue weighted by Crippen LogP contribution is 2.18. The molecule has 0 amide bonds. The molecule has 0 aromatic carbocycles. The van der Waals surface area contributed by atoms with Gasteiger partial charge in [0.1, 0.15) is 13.2 Å². The summed E-state index contributed by atoms with van der Waals surface area (Å²) in [6, 6.07) is 0. The Morgan fingerprint density at radius 2 is 0.500 bits per heavy atom. The molecule has 0 aromatic heterocycles. The number of rotatable bonds is 63. The van der Waals surface area contributed by atoms with Gasteiger partial charge in [-0.25, -0.2) is 0 Å². The molecule has 0 radical (unpaired) electrons. The molecule has 0 fully saturated rings. The monoisotopic (exact) mass is 1090 g/mol. The molecule has 0 bridgehead atoms. The van der Waals surface area contributed by atoms with E-state index < -0.39 is 6.10 Å². The first-order valence-electron chi connectivity index (χ1n) is 34.3. The summed E-state index contributed by atoms with van der Waals surface area (Å²) in [5, 5.41) is 0. The van der Waals surface area contributed by atoms with Gasteiger partial charge in [0, 0.05) is 19.3 Å². The van der Waals surface area contributed by atoms with E-state index in [2.05, 4.69) is 81.5 Å². The maximum atomic E-state index is 12.9. The van der Waals surface area contributed by atoms with Crippen molar-refractivity contribution in [3.63, 3.8) is 0 Å². The molecule has 1 unspecified atom stereocenters. The number of hydrogen-bond acceptors (Lipinski definition) is 6. The number of allylic oxidation sites excluding steroid dienone is 10. The van der Waals surface area contributed by atoms with Gasteiger partial charge in [0.15, 0.2) is 6.10 Å². The predicted octanol–water partition coefficient (Wildman–Crippen LogP) is 23.5. The SMILES string of the molecule is CC/C=C\C/C=C\C/C=C\CCCCCC(=O)OCC(COC(=O)CCCCCCCCCCCCCCCCCCCCCCCCCC)OC(=O)CCCCCCCCCCCCC/C=C\C/C=C\CCCCCCC. The minimum Gasteiger partial charge on any atom is -0.462 e. The lowest BCUT2D eigenvalue weighted by Crippen LogP contribution is -2.30. The zero-order valence-electron chi connectivity index (χ0n) is 52.2. The van der Waals surface area contributed by atoms with Crippen molar-refractivity contribution in [1.82, 2.24) is 0 Å². The van der Waals surface area contributed by atoms with Crippen molar-refractivity contribution in [3.8, 4) is 0 Å². The van der Waals surface area contributed by atoms with Crippen LogP contribution in [0, 0.1) is 0 Å². The van der Waals surface area contributed by atoms with Crippen molar-refractivity contribution >= 4 is 17.9 Å². The molecule has 0 rings (SSSR count). The van der Waals surface area contributed by atoms with Crippen molar-refractivity contribution in [2.75, 3.05) is 13.2 Å². The maximum absolute atomic E-state index is 12.9. The molecular weight excluding hydrogens is 961 g/mol. The molecule has 0 spiro atoms. The standard InChI is InChI=1S/C72H130O6/c1-4-7-10-13-16-19-22-25-27-29-31-33-35-37-38-40-42-44-47-50-53-56-59-62-65-71(74)77-68-69(67-76-70(73)64-61-58-55-52-49-46-24-21-18-15-12-9-6-3)78-72(75)66-63-60-57-54-51-48-45-43-41-39-36-34-32-30-28-26-23-20-17-14-11-8-5-2/h9,12,18,21,23,26,30,32,46,49,69H,4-8,10-11,13-17,19-20,22,24-25,27-29,31,33-45,47-48,50-68H2,1-3H3/b12-9-,21-18-,26-23-,32-30-,49-46-. The average molecular weight is 1090 g/mol. The van der Waals surface area contributed by atoms with Crippen LogP contribution in [0.2, 0.25) is 0 Å². The van der Waals surface area contributed by atoms with Crippen LogP contribution in [0.5, 0.6) is 0 Å². The van der Waals surface area contributed by atoms with E-state index in [9.17, 15) is 14.4 Å². The molecular formula is C72H130O6. The Morgan fingerprint density at radius 1 is 0.269 bits per heavy atom. The van der Waals surface area contributed by atoms with Crippen LogP contribution in [0.15, 0.2) is 60.8 Å². The molecule has 454 valence electrons. The smallest absolute Gasteiger partial charge is 0.306 e. The number of carbonyl (C=O) groups is 3. The summed E-state index contributed by atoms with van der Waals surface area (Å²) in [7, 11) is 0. The van der Waals surface area contributed by atoms with Crippen LogP contribution >= 0.6 is 0 Å². The quantitative estimate of drug-likeness (QED) is 0.0261. The van der Waals surface area contributed by atoms with Gasteiger partial charge in [-0.3, -0.25) is 14.4 Å². The summed E-state index contributed by atoms with van der Waals surface area (Å²) in [6.07, 6.45) is 85.4. The van der Waals surface area contributed by atoms with E-state index >= 15 is 0 Å². The third-order valence-corrected chi connectivity index (χ3v) is 15.3. The summed E-state index contributed by atoms with van der Waals surface area (Å²) in [6.45, 7) is 6.55. The molecule has 0 saturated heterocycles. The van der Waals surface area contributed by atoms with Gasteiger partial charge in [0.25, 0.3) is 0 Å². The molecule has 0 aliphatic rings. The second kappa shape index (κ2) is 66.6. The molecule has 0 aliphatic carbocycles. The maximum Gasteiger partial charge on any atom is 0.306 e. The molecule has 6 heteroatoms. The van der Waals surface area contributed by atoms with Crippen molar-refractivity contribution < 1.29 is 28.6 Å². The van der Waals surface area contributed by atoms with Crippen LogP contribution in [-0.2, 0) is 28.6 Å². The summed E-state index contributed by atoms with van der Waals surface area (Å²) in [4.78, 5) is 38.4. The molecule has 0 aromatic rings. The Bertz CT molecular complexity index is 1390. The molecule has 0 heterocycles. The number of unbranched alkanes of at least 4 members (excludes halogenated alkanes) is 42. The highest BCUT2D eigenvalue weighted by Gasteiger charge is 2.19. The Hall–Kier alpha value is -2.89. The first-order valence-corrected chi connectivity index (χ1v) is 34.3. The third-order valence-electron chi connectivity index (χ3n) is 15.3. The van der Waals surface area contributed by atoms with Gasteiger partial charge in [0.2, 0.25) is 0 Å². The molecule has 1 atom stereocenters. The third kappa shape index (κ3) is 63.9. The van der Waals surface area contributed by atoms with E-state index in [1.165, 1.54) is 231 Å². The predicted molar refractivity (Wildman–Crippen MR) is 339 cm³/mol. The fourth-order valence-electron chi connectivity index (χ4n) is 10.1. The summed E-state index contributed by atoms with van der Waals surface area (Å²) >= 11 is 0. The van der Waals surface area contributed by atoms with Crippen molar-refractivity contribution in [2.45, 2.75) is 367 Å². The summed E-state index contributed by atoms with van der Waals surface area (Å²) < 4.78 is 16.9. The molecule has 6 nitrogen and oxygen atoms in total. The Balaban J connectivity index is 4.27. The van der Waals surface area contributed by atoms with Crippen molar-refractivity contribution in [2.24, 2.45) is 0 Å². The van der Waals surface area contributed by atoms with Gasteiger partial charge in [-0.1, -0.05) is 319 Å². The average Bonchev–Trinajstić information content (AvgIpc) is 3.44. The molecule has 0 saturated carbocycles. The van der Waals surface area contributed by atoms with E-state index in [4.69, 9.17) is 14.2 Å². The molecule has 0 aliphatic heterocycles. The van der Waals surface area contributed by atoms with Crippen LogP contribution in [0.4, 0.5) is 0 Å². The normalized spacial score (nSPS) is 12.4. The van der Waals surface area contributed by atoms with Crippen LogP contribution in [0.25, 0.3) is 0 Å². The lowest BCUT2D eigenvalue weighted by molar-refractivity contribution is -0.167. The topological polar surface area (TPSA) is 78.9 Å². The first kappa shape index (κ1) is 75.1. The number of ether oxygens (including phenoxy) is 3. The van der Waals surface area contributed by atoms with E-state index in [1.807, 2.05) is 0 Å². The number of carbonyl (C=O) groups excluding carboxylic acids is 3. The zero-order chi connectivity index (χ0) is 56.4. The van der Waals surface area contributed by atoms with E-state index in [0.717, 1.165) is 89.9 Å². The van der Waals surface area contributed by atoms with Gasteiger partial charge in [-0.05, 0) is 83.5 Å². The van der Waals surface area contributed by atoms with Crippen LogP contribution in [-0.4, -0.2) is 37.2 Å². The Morgan fingerprint density at radius 3 is 0.795 bits per heavy atom. The second-order valence-electron chi connectivity index (χ2n) is 23.1. The van der Waals surface area contributed by atoms with Crippen LogP contribution in [0.1, 0.15) is 361 Å². The van der Waals surface area contributed by atoms with E-state index in [1.54, 1.807) is 0 Å². The number of esters is 3. The van der Waals surface area contributed by atoms with Gasteiger partial charge in [0.05, 0.1) is 0 Å². The summed E-state index contributed by atoms with van der Waals surface area (Å²) in [5.41, 5.74) is 0. The molecule has 78 heavy (non-hydrogen) atoms. The Kier molecular flexibility index (Phi) is 64.2. The van der Waals surface area contributed by atoms with Crippen LogP contribution < -0.4 is 0 Å². The highest BCUT2D eigenvalue weighted by molar-refractivity contribution is 5.71.